The van der Waals surface area contributed by atoms with Crippen molar-refractivity contribution in [3.8, 4) is 5.75 Å². The first-order valence-corrected chi connectivity index (χ1v) is 12.3. The monoisotopic (exact) mass is 575 g/mol. The summed E-state index contributed by atoms with van der Waals surface area (Å²) in [5.41, 5.74) is 4.41. The largest absolute Gasteiger partial charge is 0.488 e. The Balaban J connectivity index is 1.67. The number of halogens is 3. The van der Waals surface area contributed by atoms with Gasteiger partial charge in [-0.2, -0.15) is 5.10 Å². The molecule has 3 rings (SSSR count). The van der Waals surface area contributed by atoms with E-state index in [1.54, 1.807) is 48.5 Å². The summed E-state index contributed by atoms with van der Waals surface area (Å²) < 4.78 is 6.75. The van der Waals surface area contributed by atoms with Gasteiger partial charge in [-0.1, -0.05) is 77.2 Å². The van der Waals surface area contributed by atoms with Crippen LogP contribution < -0.4 is 15.5 Å². The Morgan fingerprint density at radius 1 is 1.06 bits per heavy atom. The first kappa shape index (κ1) is 26.7. The molecule has 3 aromatic carbocycles. The summed E-state index contributed by atoms with van der Waals surface area (Å²) >= 11 is 15.6. The van der Waals surface area contributed by atoms with Crippen LogP contribution in [-0.4, -0.2) is 24.1 Å². The number of nitrogens with one attached hydrogen (secondary N) is 2. The quantitative estimate of drug-likeness (QED) is 0.234. The molecule has 0 aromatic heterocycles. The lowest BCUT2D eigenvalue weighted by Crippen LogP contribution is -2.48. The van der Waals surface area contributed by atoms with E-state index in [1.807, 2.05) is 32.0 Å². The minimum atomic E-state index is -0.759. The zero-order chi connectivity index (χ0) is 25.4. The molecule has 0 saturated carbocycles. The average Bonchev–Trinajstić information content (AvgIpc) is 2.83. The molecule has 0 aliphatic rings. The van der Waals surface area contributed by atoms with Crippen molar-refractivity contribution >= 4 is 57.2 Å². The highest BCUT2D eigenvalue weighted by Crippen LogP contribution is 2.26. The molecule has 0 bridgehead atoms. The van der Waals surface area contributed by atoms with E-state index in [0.29, 0.717) is 26.9 Å². The van der Waals surface area contributed by atoms with E-state index < -0.39 is 11.9 Å². The molecule has 0 aliphatic carbocycles. The van der Waals surface area contributed by atoms with Crippen LogP contribution in [0.2, 0.25) is 10.0 Å². The van der Waals surface area contributed by atoms with Crippen LogP contribution in [0.4, 0.5) is 0 Å². The van der Waals surface area contributed by atoms with Crippen LogP contribution in [0, 0.1) is 5.92 Å². The first-order valence-electron chi connectivity index (χ1n) is 10.8. The van der Waals surface area contributed by atoms with Gasteiger partial charge in [-0.25, -0.2) is 5.43 Å². The van der Waals surface area contributed by atoms with Gasteiger partial charge < -0.3 is 10.1 Å². The van der Waals surface area contributed by atoms with Crippen LogP contribution in [0.25, 0.3) is 0 Å². The lowest BCUT2D eigenvalue weighted by Gasteiger charge is -2.20. The van der Waals surface area contributed by atoms with Crippen LogP contribution >= 0.6 is 39.1 Å². The van der Waals surface area contributed by atoms with Crippen LogP contribution in [0.15, 0.2) is 76.3 Å². The molecule has 0 aliphatic heterocycles. The summed E-state index contributed by atoms with van der Waals surface area (Å²) in [6.07, 6.45) is 1.48. The topological polar surface area (TPSA) is 79.8 Å². The Morgan fingerprint density at radius 3 is 2.49 bits per heavy atom. The van der Waals surface area contributed by atoms with Crippen LogP contribution in [-0.2, 0) is 11.4 Å². The van der Waals surface area contributed by atoms with Crippen LogP contribution in [0.5, 0.6) is 5.75 Å². The molecule has 6 nitrogen and oxygen atoms in total. The molecule has 1 unspecified atom stereocenters. The molecule has 35 heavy (non-hydrogen) atoms. The van der Waals surface area contributed by atoms with Gasteiger partial charge in [0.25, 0.3) is 11.8 Å². The second-order valence-corrected chi connectivity index (χ2v) is 9.76. The maximum Gasteiger partial charge on any atom is 0.262 e. The lowest BCUT2D eigenvalue weighted by atomic mass is 10.0. The van der Waals surface area contributed by atoms with E-state index in [1.165, 1.54) is 6.21 Å². The van der Waals surface area contributed by atoms with Crippen molar-refractivity contribution in [3.05, 3.63) is 97.9 Å². The zero-order valence-corrected chi connectivity index (χ0v) is 22.2. The van der Waals surface area contributed by atoms with Crippen molar-refractivity contribution in [2.45, 2.75) is 26.5 Å². The van der Waals surface area contributed by atoms with E-state index in [2.05, 4.69) is 31.8 Å². The Morgan fingerprint density at radius 2 is 1.80 bits per heavy atom. The molecule has 0 heterocycles. The van der Waals surface area contributed by atoms with Crippen molar-refractivity contribution in [1.82, 2.24) is 10.7 Å². The van der Waals surface area contributed by atoms with Gasteiger partial charge in [0, 0.05) is 31.2 Å². The van der Waals surface area contributed by atoms with Gasteiger partial charge in [0.15, 0.2) is 0 Å². The number of benzene rings is 3. The number of ether oxygens (including phenoxy) is 1. The second-order valence-electron chi connectivity index (χ2n) is 8.00. The average molecular weight is 577 g/mol. The molecule has 3 aromatic rings. The molecule has 2 N–H and O–H groups in total. The summed E-state index contributed by atoms with van der Waals surface area (Å²) in [4.78, 5) is 25.3. The maximum atomic E-state index is 12.8. The third kappa shape index (κ3) is 7.82. The van der Waals surface area contributed by atoms with Gasteiger partial charge in [0.05, 0.1) is 6.21 Å². The number of hydrogen-bond donors (Lipinski definition) is 2. The molecular weight excluding hydrogens is 553 g/mol. The number of carbonyl (C=O) groups excluding carboxylic acids is 2. The Kier molecular flexibility index (Phi) is 9.72. The predicted octanol–water partition coefficient (Wildman–Crippen LogP) is 6.24. The molecule has 1 atom stereocenters. The zero-order valence-electron chi connectivity index (χ0n) is 19.1. The van der Waals surface area contributed by atoms with Crippen molar-refractivity contribution in [2.75, 3.05) is 0 Å². The smallest absolute Gasteiger partial charge is 0.262 e. The lowest BCUT2D eigenvalue weighted by molar-refractivity contribution is -0.123. The standard InChI is InChI=1S/C26H24BrCl2N3O3/c1-16(2)24(31-25(33)17-6-4-3-5-7-17)26(34)32-30-14-19-12-20(27)9-11-23(19)35-15-18-8-10-21(28)13-22(18)29/h3-14,16,24H,15H2,1-2H3,(H,31,33)(H,32,34)/b30-14+. The van der Waals surface area contributed by atoms with Crippen LogP contribution in [0.3, 0.4) is 0 Å². The van der Waals surface area contributed by atoms with E-state index in [9.17, 15) is 9.59 Å². The van der Waals surface area contributed by atoms with Gasteiger partial charge in [-0.3, -0.25) is 9.59 Å². The third-order valence-corrected chi connectivity index (χ3v) is 6.10. The van der Waals surface area contributed by atoms with Crippen molar-refractivity contribution in [1.29, 1.82) is 0 Å². The number of nitrogens with zero attached hydrogens (tertiary/aromatic N) is 1. The predicted molar refractivity (Wildman–Crippen MR) is 143 cm³/mol. The number of carbonyl (C=O) groups is 2. The highest BCUT2D eigenvalue weighted by Gasteiger charge is 2.24. The SMILES string of the molecule is CC(C)C(NC(=O)c1ccccc1)C(=O)N/N=C/c1cc(Br)ccc1OCc1ccc(Cl)cc1Cl. The number of hydrogen-bond acceptors (Lipinski definition) is 4. The van der Waals surface area contributed by atoms with Gasteiger partial charge in [-0.05, 0) is 48.4 Å². The third-order valence-electron chi connectivity index (χ3n) is 5.02. The minimum absolute atomic E-state index is 0.147. The number of amides is 2. The molecule has 0 radical (unpaired) electrons. The van der Waals surface area contributed by atoms with Crippen molar-refractivity contribution < 1.29 is 14.3 Å². The molecule has 0 spiro atoms. The summed E-state index contributed by atoms with van der Waals surface area (Å²) in [6, 6.07) is 18.6. The van der Waals surface area contributed by atoms with Crippen molar-refractivity contribution in [3.63, 3.8) is 0 Å². The number of rotatable bonds is 9. The van der Waals surface area contributed by atoms with Gasteiger partial charge in [-0.15, -0.1) is 0 Å². The van der Waals surface area contributed by atoms with Gasteiger partial charge in [0.2, 0.25) is 0 Å². The minimum Gasteiger partial charge on any atom is -0.488 e. The molecule has 0 fully saturated rings. The van der Waals surface area contributed by atoms with Gasteiger partial charge >= 0.3 is 0 Å². The summed E-state index contributed by atoms with van der Waals surface area (Å²) in [6.45, 7) is 3.93. The maximum absolute atomic E-state index is 12.8. The van der Waals surface area contributed by atoms with E-state index in [4.69, 9.17) is 27.9 Å². The molecule has 0 saturated heterocycles. The Hall–Kier alpha value is -2.87. The summed E-state index contributed by atoms with van der Waals surface area (Å²) in [5.74, 6) is -0.348. The fourth-order valence-corrected chi connectivity index (χ4v) is 3.97. The highest BCUT2D eigenvalue weighted by atomic mass is 79.9. The van der Waals surface area contributed by atoms with E-state index in [0.717, 1.165) is 10.0 Å². The normalized spacial score (nSPS) is 11.9. The number of hydrazone groups is 1. The molecule has 9 heteroatoms. The van der Waals surface area contributed by atoms with E-state index >= 15 is 0 Å². The molecular formula is C26H24BrCl2N3O3. The fourth-order valence-electron chi connectivity index (χ4n) is 3.13. The Bertz CT molecular complexity index is 1220. The van der Waals surface area contributed by atoms with Crippen LogP contribution in [0.1, 0.15) is 35.3 Å². The summed E-state index contributed by atoms with van der Waals surface area (Å²) in [7, 11) is 0. The molecule has 182 valence electrons. The van der Waals surface area contributed by atoms with E-state index in [-0.39, 0.29) is 18.4 Å². The Labute approximate surface area is 222 Å². The fraction of sp³-hybridized carbons (Fsp3) is 0.192. The van der Waals surface area contributed by atoms with Gasteiger partial charge in [0.1, 0.15) is 18.4 Å². The van der Waals surface area contributed by atoms with Crippen molar-refractivity contribution in [2.24, 2.45) is 11.0 Å². The molecule has 2 amide bonds. The summed E-state index contributed by atoms with van der Waals surface area (Å²) in [5, 5.41) is 7.92. The first-order chi connectivity index (χ1) is 16.7. The highest BCUT2D eigenvalue weighted by molar-refractivity contribution is 9.10. The second kappa shape index (κ2) is 12.7.